The first-order valence-corrected chi connectivity index (χ1v) is 6.84. The van der Waals surface area contributed by atoms with Gasteiger partial charge in [0, 0.05) is 5.54 Å². The average molecular weight is 259 g/mol. The van der Waals surface area contributed by atoms with Crippen molar-refractivity contribution < 1.29 is 18.9 Å². The van der Waals surface area contributed by atoms with Crippen LogP contribution in [0.4, 0.5) is 0 Å². The molecule has 0 amide bonds. The molecule has 1 atom stereocenters. The van der Waals surface area contributed by atoms with E-state index in [0.717, 1.165) is 12.0 Å². The number of nitrogens with two attached hydrogens (primary N) is 1. The van der Waals surface area contributed by atoms with E-state index < -0.39 is 13.4 Å². The summed E-state index contributed by atoms with van der Waals surface area (Å²) in [6.07, 6.45) is 1.34. The number of rotatable bonds is 6. The highest BCUT2D eigenvalue weighted by molar-refractivity contribution is 7.46. The zero-order valence-electron chi connectivity index (χ0n) is 9.74. The lowest BCUT2D eigenvalue weighted by Gasteiger charge is -2.24. The minimum atomic E-state index is -4.44. The molecule has 1 aromatic rings. The lowest BCUT2D eigenvalue weighted by Crippen LogP contribution is -2.41. The lowest BCUT2D eigenvalue weighted by atomic mass is 9.95. The van der Waals surface area contributed by atoms with Gasteiger partial charge in [-0.25, -0.2) is 4.57 Å². The molecule has 0 radical (unpaired) electrons. The number of phosphoric ester groups is 1. The molecule has 0 saturated heterocycles. The van der Waals surface area contributed by atoms with Gasteiger partial charge in [-0.2, -0.15) is 0 Å². The Balaban J connectivity index is 2.42. The van der Waals surface area contributed by atoms with Gasteiger partial charge in [-0.15, -0.1) is 0 Å². The first kappa shape index (κ1) is 14.4. The highest BCUT2D eigenvalue weighted by atomic mass is 31.2. The Hall–Kier alpha value is -0.710. The number of benzene rings is 1. The fourth-order valence-electron chi connectivity index (χ4n) is 1.38. The highest BCUT2D eigenvalue weighted by Gasteiger charge is 2.24. The second-order valence-corrected chi connectivity index (χ2v) is 5.64. The standard InChI is InChI=1S/C11H18NO4P/c1-11(12,9-16-17(13,14)15)8-7-10-5-3-2-4-6-10/h2-6H,7-9,12H2,1H3,(H2,13,14,15)/t11-/m1/s1. The molecule has 0 fully saturated rings. The summed E-state index contributed by atoms with van der Waals surface area (Å²) in [5, 5.41) is 0. The third-order valence-corrected chi connectivity index (χ3v) is 2.86. The van der Waals surface area contributed by atoms with Crippen LogP contribution in [-0.2, 0) is 15.5 Å². The maximum atomic E-state index is 10.6. The van der Waals surface area contributed by atoms with E-state index in [1.807, 2.05) is 30.3 Å². The van der Waals surface area contributed by atoms with E-state index in [0.29, 0.717) is 6.42 Å². The molecule has 1 rings (SSSR count). The SMILES string of the molecule is C[C@@](N)(CCc1ccccc1)COP(=O)(O)O. The predicted octanol–water partition coefficient (Wildman–Crippen LogP) is 1.45. The minimum absolute atomic E-state index is 0.163. The Morgan fingerprint density at radius 3 is 2.47 bits per heavy atom. The molecule has 0 spiro atoms. The van der Waals surface area contributed by atoms with E-state index in [2.05, 4.69) is 4.52 Å². The van der Waals surface area contributed by atoms with Crippen molar-refractivity contribution in [2.24, 2.45) is 5.73 Å². The molecule has 0 aromatic heterocycles. The second-order valence-electron chi connectivity index (χ2n) is 4.40. The molecule has 1 aromatic carbocycles. The molecule has 0 aliphatic heterocycles. The summed E-state index contributed by atoms with van der Waals surface area (Å²) in [6, 6.07) is 9.78. The van der Waals surface area contributed by atoms with Crippen molar-refractivity contribution in [3.8, 4) is 0 Å². The van der Waals surface area contributed by atoms with Crippen molar-refractivity contribution in [1.29, 1.82) is 0 Å². The highest BCUT2D eigenvalue weighted by Crippen LogP contribution is 2.36. The lowest BCUT2D eigenvalue weighted by molar-refractivity contribution is 0.154. The van der Waals surface area contributed by atoms with Crippen LogP contribution in [-0.4, -0.2) is 21.9 Å². The Morgan fingerprint density at radius 2 is 1.94 bits per heavy atom. The van der Waals surface area contributed by atoms with Gasteiger partial charge in [-0.3, -0.25) is 4.52 Å². The molecule has 5 nitrogen and oxygen atoms in total. The number of hydrogen-bond acceptors (Lipinski definition) is 3. The number of aryl methyl sites for hydroxylation is 1. The van der Waals surface area contributed by atoms with Gasteiger partial charge in [-0.05, 0) is 25.3 Å². The fourth-order valence-corrected chi connectivity index (χ4v) is 1.84. The maximum absolute atomic E-state index is 10.6. The van der Waals surface area contributed by atoms with E-state index in [4.69, 9.17) is 15.5 Å². The molecule has 0 unspecified atom stereocenters. The molecule has 17 heavy (non-hydrogen) atoms. The summed E-state index contributed by atoms with van der Waals surface area (Å²) in [4.78, 5) is 17.2. The van der Waals surface area contributed by atoms with Crippen LogP contribution in [0, 0.1) is 0 Å². The van der Waals surface area contributed by atoms with Crippen LogP contribution >= 0.6 is 7.82 Å². The third-order valence-electron chi connectivity index (χ3n) is 2.39. The van der Waals surface area contributed by atoms with Crippen molar-refractivity contribution in [3.63, 3.8) is 0 Å². The molecule has 0 bridgehead atoms. The van der Waals surface area contributed by atoms with E-state index in [1.54, 1.807) is 6.92 Å². The smallest absolute Gasteiger partial charge is 0.323 e. The molecule has 6 heteroatoms. The van der Waals surface area contributed by atoms with Crippen molar-refractivity contribution >= 4 is 7.82 Å². The summed E-state index contributed by atoms with van der Waals surface area (Å²) in [7, 11) is -4.44. The zero-order valence-corrected chi connectivity index (χ0v) is 10.6. The van der Waals surface area contributed by atoms with E-state index in [1.165, 1.54) is 0 Å². The molecule has 0 aliphatic carbocycles. The van der Waals surface area contributed by atoms with Crippen molar-refractivity contribution in [2.45, 2.75) is 25.3 Å². The molecule has 0 aliphatic rings. The molecule has 0 saturated carbocycles. The zero-order chi connectivity index (χ0) is 12.9. The van der Waals surface area contributed by atoms with Gasteiger partial charge in [-0.1, -0.05) is 30.3 Å². The topological polar surface area (TPSA) is 92.8 Å². The first-order valence-electron chi connectivity index (χ1n) is 5.31. The van der Waals surface area contributed by atoms with Gasteiger partial charge in [0.05, 0.1) is 6.61 Å². The maximum Gasteiger partial charge on any atom is 0.469 e. The number of hydrogen-bond donors (Lipinski definition) is 3. The van der Waals surface area contributed by atoms with Crippen molar-refractivity contribution in [2.75, 3.05) is 6.61 Å². The van der Waals surface area contributed by atoms with E-state index >= 15 is 0 Å². The van der Waals surface area contributed by atoms with Gasteiger partial charge in [0.1, 0.15) is 0 Å². The van der Waals surface area contributed by atoms with Gasteiger partial charge >= 0.3 is 7.82 Å². The monoisotopic (exact) mass is 259 g/mol. The summed E-state index contributed by atoms with van der Waals surface area (Å²) < 4.78 is 15.0. The van der Waals surface area contributed by atoms with Gasteiger partial charge < -0.3 is 15.5 Å². The molecular weight excluding hydrogens is 241 g/mol. The normalized spacial score (nSPS) is 15.5. The fraction of sp³-hybridized carbons (Fsp3) is 0.455. The summed E-state index contributed by atoms with van der Waals surface area (Å²) in [5.41, 5.74) is 6.29. The Labute approximate surface area is 101 Å². The number of phosphoric acid groups is 1. The molecule has 4 N–H and O–H groups in total. The van der Waals surface area contributed by atoms with Crippen molar-refractivity contribution in [1.82, 2.24) is 0 Å². The van der Waals surface area contributed by atoms with Gasteiger partial charge in [0.25, 0.3) is 0 Å². The average Bonchev–Trinajstić information content (AvgIpc) is 2.25. The van der Waals surface area contributed by atoms with Crippen LogP contribution < -0.4 is 5.73 Å². The second kappa shape index (κ2) is 5.76. The molecular formula is C11H18NO4P. The van der Waals surface area contributed by atoms with Crippen LogP contribution in [0.15, 0.2) is 30.3 Å². The molecule has 96 valence electrons. The van der Waals surface area contributed by atoms with E-state index in [-0.39, 0.29) is 6.61 Å². The van der Waals surface area contributed by atoms with Crippen molar-refractivity contribution in [3.05, 3.63) is 35.9 Å². The summed E-state index contributed by atoms with van der Waals surface area (Å²) in [6.45, 7) is 1.55. The quantitative estimate of drug-likeness (QED) is 0.672. The predicted molar refractivity (Wildman–Crippen MR) is 65.4 cm³/mol. The van der Waals surface area contributed by atoms with E-state index in [9.17, 15) is 4.57 Å². The van der Waals surface area contributed by atoms with Crippen LogP contribution in [0.5, 0.6) is 0 Å². The van der Waals surface area contributed by atoms with Gasteiger partial charge in [0.15, 0.2) is 0 Å². The van der Waals surface area contributed by atoms with Crippen LogP contribution in [0.3, 0.4) is 0 Å². The third kappa shape index (κ3) is 6.56. The van der Waals surface area contributed by atoms with Crippen LogP contribution in [0.2, 0.25) is 0 Å². The Morgan fingerprint density at radius 1 is 1.35 bits per heavy atom. The van der Waals surface area contributed by atoms with Gasteiger partial charge in [0.2, 0.25) is 0 Å². The molecule has 0 heterocycles. The minimum Gasteiger partial charge on any atom is -0.323 e. The largest absolute Gasteiger partial charge is 0.469 e. The van der Waals surface area contributed by atoms with Crippen LogP contribution in [0.25, 0.3) is 0 Å². The Kier molecular flexibility index (Phi) is 4.86. The van der Waals surface area contributed by atoms with Crippen LogP contribution in [0.1, 0.15) is 18.9 Å². The summed E-state index contributed by atoms with van der Waals surface area (Å²) in [5.74, 6) is 0. The Bertz CT molecular complexity index is 388. The first-order chi connectivity index (χ1) is 7.79. The summed E-state index contributed by atoms with van der Waals surface area (Å²) >= 11 is 0.